The number of amides is 1. The molecule has 116 valence electrons. The SMILES string of the molecule is CCCN(C(=O)OCc1ccccc1Cl)C1CCNCC1. The van der Waals surface area contributed by atoms with Crippen molar-refractivity contribution in [1.82, 2.24) is 10.2 Å². The Balaban J connectivity index is 1.93. The van der Waals surface area contributed by atoms with Crippen molar-refractivity contribution in [1.29, 1.82) is 0 Å². The van der Waals surface area contributed by atoms with Crippen molar-refractivity contribution in [2.45, 2.75) is 38.8 Å². The van der Waals surface area contributed by atoms with Crippen LogP contribution in [-0.4, -0.2) is 36.7 Å². The smallest absolute Gasteiger partial charge is 0.410 e. The molecule has 0 aliphatic carbocycles. The number of benzene rings is 1. The number of hydrogen-bond donors (Lipinski definition) is 1. The zero-order chi connectivity index (χ0) is 15.1. The first kappa shape index (κ1) is 16.1. The number of halogens is 1. The summed E-state index contributed by atoms with van der Waals surface area (Å²) in [6.07, 6.45) is 2.68. The Kier molecular flexibility index (Phi) is 6.33. The zero-order valence-electron chi connectivity index (χ0n) is 12.5. The van der Waals surface area contributed by atoms with E-state index in [4.69, 9.17) is 16.3 Å². The van der Waals surface area contributed by atoms with Crippen molar-refractivity contribution in [3.05, 3.63) is 34.9 Å². The first-order chi connectivity index (χ1) is 10.2. The third-order valence-corrected chi connectivity index (χ3v) is 4.13. The van der Waals surface area contributed by atoms with Crippen molar-refractivity contribution in [2.24, 2.45) is 0 Å². The summed E-state index contributed by atoms with van der Waals surface area (Å²) >= 11 is 6.08. The van der Waals surface area contributed by atoms with E-state index in [0.717, 1.165) is 44.5 Å². The molecule has 0 bridgehead atoms. The Morgan fingerprint density at radius 1 is 1.38 bits per heavy atom. The molecule has 1 heterocycles. The zero-order valence-corrected chi connectivity index (χ0v) is 13.2. The Hall–Kier alpha value is -1.26. The minimum Gasteiger partial charge on any atom is -0.444 e. The van der Waals surface area contributed by atoms with Crippen molar-refractivity contribution in [3.63, 3.8) is 0 Å². The van der Waals surface area contributed by atoms with Crippen LogP contribution < -0.4 is 5.32 Å². The molecule has 1 fully saturated rings. The summed E-state index contributed by atoms with van der Waals surface area (Å²) in [7, 11) is 0. The molecule has 1 aromatic carbocycles. The molecule has 0 saturated carbocycles. The lowest BCUT2D eigenvalue weighted by Gasteiger charge is -2.33. The van der Waals surface area contributed by atoms with Gasteiger partial charge in [-0.25, -0.2) is 4.79 Å². The molecule has 0 spiro atoms. The van der Waals surface area contributed by atoms with Gasteiger partial charge in [0.05, 0.1) is 0 Å². The van der Waals surface area contributed by atoms with Gasteiger partial charge in [0.15, 0.2) is 0 Å². The normalized spacial score (nSPS) is 15.7. The monoisotopic (exact) mass is 310 g/mol. The van der Waals surface area contributed by atoms with Crippen molar-refractivity contribution < 1.29 is 9.53 Å². The number of nitrogens with zero attached hydrogens (tertiary/aromatic N) is 1. The van der Waals surface area contributed by atoms with Gasteiger partial charge in [0.25, 0.3) is 0 Å². The van der Waals surface area contributed by atoms with Crippen LogP contribution in [0.4, 0.5) is 4.79 Å². The molecule has 0 aromatic heterocycles. The van der Waals surface area contributed by atoms with Crippen LogP contribution in [0.15, 0.2) is 24.3 Å². The second kappa shape index (κ2) is 8.25. The molecule has 1 saturated heterocycles. The molecule has 0 radical (unpaired) electrons. The molecule has 2 rings (SSSR count). The van der Waals surface area contributed by atoms with Gasteiger partial charge < -0.3 is 15.0 Å². The number of carbonyl (C=O) groups excluding carboxylic acids is 1. The Labute approximate surface area is 131 Å². The molecular weight excluding hydrogens is 288 g/mol. The van der Waals surface area contributed by atoms with E-state index in [1.807, 2.05) is 23.1 Å². The lowest BCUT2D eigenvalue weighted by atomic mass is 10.1. The maximum absolute atomic E-state index is 12.4. The largest absolute Gasteiger partial charge is 0.444 e. The fourth-order valence-corrected chi connectivity index (χ4v) is 2.81. The Bertz CT molecular complexity index is 461. The van der Waals surface area contributed by atoms with Gasteiger partial charge in [0, 0.05) is 23.2 Å². The van der Waals surface area contributed by atoms with E-state index in [-0.39, 0.29) is 18.7 Å². The quantitative estimate of drug-likeness (QED) is 0.906. The van der Waals surface area contributed by atoms with Crippen LogP contribution in [0.3, 0.4) is 0 Å². The summed E-state index contributed by atoms with van der Waals surface area (Å²) in [6, 6.07) is 7.73. The molecular formula is C16H23ClN2O2. The van der Waals surface area contributed by atoms with Gasteiger partial charge in [-0.2, -0.15) is 0 Å². The second-order valence-electron chi connectivity index (χ2n) is 5.32. The number of rotatable bonds is 5. The highest BCUT2D eigenvalue weighted by Crippen LogP contribution is 2.18. The van der Waals surface area contributed by atoms with Crippen molar-refractivity contribution in [3.8, 4) is 0 Å². The fraction of sp³-hybridized carbons (Fsp3) is 0.562. The minimum absolute atomic E-state index is 0.226. The molecule has 4 nitrogen and oxygen atoms in total. The topological polar surface area (TPSA) is 41.6 Å². The van der Waals surface area contributed by atoms with Crippen LogP contribution in [0.25, 0.3) is 0 Å². The van der Waals surface area contributed by atoms with Gasteiger partial charge >= 0.3 is 6.09 Å². The third kappa shape index (κ3) is 4.61. The van der Waals surface area contributed by atoms with Gasteiger partial charge in [-0.1, -0.05) is 36.7 Å². The molecule has 21 heavy (non-hydrogen) atoms. The number of ether oxygens (including phenoxy) is 1. The molecule has 1 aliphatic rings. The summed E-state index contributed by atoms with van der Waals surface area (Å²) in [5.74, 6) is 0. The lowest BCUT2D eigenvalue weighted by Crippen LogP contribution is -2.46. The van der Waals surface area contributed by atoms with E-state index in [0.29, 0.717) is 5.02 Å². The highest BCUT2D eigenvalue weighted by molar-refractivity contribution is 6.31. The van der Waals surface area contributed by atoms with E-state index in [1.165, 1.54) is 0 Å². The van der Waals surface area contributed by atoms with Gasteiger partial charge in [-0.3, -0.25) is 0 Å². The maximum atomic E-state index is 12.4. The molecule has 0 atom stereocenters. The number of piperidine rings is 1. The van der Waals surface area contributed by atoms with Crippen molar-refractivity contribution in [2.75, 3.05) is 19.6 Å². The van der Waals surface area contributed by atoms with Crippen LogP contribution in [-0.2, 0) is 11.3 Å². The highest BCUT2D eigenvalue weighted by Gasteiger charge is 2.25. The average molecular weight is 311 g/mol. The van der Waals surface area contributed by atoms with E-state index < -0.39 is 0 Å². The first-order valence-corrected chi connectivity index (χ1v) is 7.97. The number of nitrogens with one attached hydrogen (secondary N) is 1. The fourth-order valence-electron chi connectivity index (χ4n) is 2.62. The standard InChI is InChI=1S/C16H23ClN2O2/c1-2-11-19(14-7-9-18-10-8-14)16(20)21-12-13-5-3-4-6-15(13)17/h3-6,14,18H,2,7-12H2,1H3. The van der Waals surface area contributed by atoms with Crippen LogP contribution in [0.2, 0.25) is 5.02 Å². The van der Waals surface area contributed by atoms with Crippen LogP contribution in [0, 0.1) is 0 Å². The summed E-state index contributed by atoms with van der Waals surface area (Å²) in [5, 5.41) is 3.95. The molecule has 0 unspecified atom stereocenters. The third-order valence-electron chi connectivity index (χ3n) is 3.76. The maximum Gasteiger partial charge on any atom is 0.410 e. The summed E-state index contributed by atoms with van der Waals surface area (Å²) in [6.45, 7) is 4.97. The Morgan fingerprint density at radius 3 is 2.76 bits per heavy atom. The van der Waals surface area contributed by atoms with Crippen LogP contribution >= 0.6 is 11.6 Å². The molecule has 1 amide bonds. The van der Waals surface area contributed by atoms with Gasteiger partial charge in [0.1, 0.15) is 6.61 Å². The minimum atomic E-state index is -0.233. The van der Waals surface area contributed by atoms with Crippen molar-refractivity contribution >= 4 is 17.7 Å². The predicted molar refractivity (Wildman–Crippen MR) is 84.5 cm³/mol. The molecule has 1 aliphatic heterocycles. The van der Waals surface area contributed by atoms with Gasteiger partial charge in [-0.05, 0) is 38.4 Å². The molecule has 5 heteroatoms. The second-order valence-corrected chi connectivity index (χ2v) is 5.73. The average Bonchev–Trinajstić information content (AvgIpc) is 2.52. The highest BCUT2D eigenvalue weighted by atomic mass is 35.5. The van der Waals surface area contributed by atoms with E-state index in [2.05, 4.69) is 12.2 Å². The first-order valence-electron chi connectivity index (χ1n) is 7.60. The number of hydrogen-bond acceptors (Lipinski definition) is 3. The molecule has 1 N–H and O–H groups in total. The number of carbonyl (C=O) groups is 1. The van der Waals surface area contributed by atoms with Crippen LogP contribution in [0.1, 0.15) is 31.7 Å². The Morgan fingerprint density at radius 2 is 2.10 bits per heavy atom. The summed E-state index contributed by atoms with van der Waals surface area (Å²) < 4.78 is 5.46. The van der Waals surface area contributed by atoms with Gasteiger partial charge in [-0.15, -0.1) is 0 Å². The lowest BCUT2D eigenvalue weighted by molar-refractivity contribution is 0.0734. The molecule has 1 aromatic rings. The van der Waals surface area contributed by atoms with Gasteiger partial charge in [0.2, 0.25) is 0 Å². The summed E-state index contributed by atoms with van der Waals surface area (Å²) in [4.78, 5) is 14.2. The summed E-state index contributed by atoms with van der Waals surface area (Å²) in [5.41, 5.74) is 0.842. The van der Waals surface area contributed by atoms with E-state index in [1.54, 1.807) is 6.07 Å². The van der Waals surface area contributed by atoms with E-state index >= 15 is 0 Å². The van der Waals surface area contributed by atoms with E-state index in [9.17, 15) is 4.79 Å². The van der Waals surface area contributed by atoms with Crippen LogP contribution in [0.5, 0.6) is 0 Å². The predicted octanol–water partition coefficient (Wildman–Crippen LogP) is 3.44.